The van der Waals surface area contributed by atoms with E-state index in [1.54, 1.807) is 25.3 Å². The van der Waals surface area contributed by atoms with E-state index < -0.39 is 28.5 Å². The van der Waals surface area contributed by atoms with Crippen molar-refractivity contribution in [1.29, 1.82) is 0 Å². The van der Waals surface area contributed by atoms with Gasteiger partial charge in [-0.1, -0.05) is 73.0 Å². The maximum absolute atomic E-state index is 14.2. The van der Waals surface area contributed by atoms with E-state index in [9.17, 15) is 18.0 Å². The zero-order valence-corrected chi connectivity index (χ0v) is 25.8. The average molecular weight is 612 g/mol. The summed E-state index contributed by atoms with van der Waals surface area (Å²) in [5.74, 6) is -0.157. The number of carbonyl (C=O) groups excluding carboxylic acids is 2. The number of carbonyl (C=O) groups is 2. The number of rotatable bonds is 12. The highest BCUT2D eigenvalue weighted by Gasteiger charge is 2.34. The predicted molar refractivity (Wildman–Crippen MR) is 166 cm³/mol. The summed E-state index contributed by atoms with van der Waals surface area (Å²) >= 11 is 6.32. The normalized spacial score (nSPS) is 14.3. The van der Waals surface area contributed by atoms with Crippen LogP contribution < -0.4 is 14.4 Å². The van der Waals surface area contributed by atoms with Crippen LogP contribution in [-0.2, 0) is 32.6 Å². The molecule has 4 rings (SSSR count). The van der Waals surface area contributed by atoms with Crippen molar-refractivity contribution in [1.82, 2.24) is 10.2 Å². The van der Waals surface area contributed by atoms with Crippen LogP contribution in [-0.4, -0.2) is 57.1 Å². The molecule has 42 heavy (non-hydrogen) atoms. The summed E-state index contributed by atoms with van der Waals surface area (Å²) in [6.07, 6.45) is 5.19. The van der Waals surface area contributed by atoms with Crippen molar-refractivity contribution in [3.05, 3.63) is 94.5 Å². The Balaban J connectivity index is 1.74. The zero-order chi connectivity index (χ0) is 30.3. The van der Waals surface area contributed by atoms with Crippen LogP contribution in [0.15, 0.2) is 72.8 Å². The van der Waals surface area contributed by atoms with Crippen LogP contribution >= 0.6 is 11.6 Å². The standard InChI is InChI=1S/C32H38ClN3O5S/c1-23-16-17-27(20-29(23)33)36(42(3,39)40)22-31(37)35(21-25-12-9-15-28(18-25)41-2)30(19-24-10-5-4-6-11-24)32(38)34-26-13-7-8-14-26/h4-6,9-12,15-18,20,26,30H,7-8,13-14,19,21-22H2,1-3H3,(H,34,38)/t30-/m1/s1. The lowest BCUT2D eigenvalue weighted by Gasteiger charge is -2.34. The predicted octanol–water partition coefficient (Wildman–Crippen LogP) is 5.12. The molecule has 1 N–H and O–H groups in total. The molecule has 0 aliphatic heterocycles. The molecule has 3 aromatic rings. The van der Waals surface area contributed by atoms with E-state index in [0.29, 0.717) is 10.8 Å². The SMILES string of the molecule is COc1cccc(CN(C(=O)CN(c2ccc(C)c(Cl)c2)S(C)(=O)=O)[C@H](Cc2ccccc2)C(=O)NC2CCCC2)c1. The number of hydrogen-bond donors (Lipinski definition) is 1. The molecule has 8 nitrogen and oxygen atoms in total. The lowest BCUT2D eigenvalue weighted by atomic mass is 10.0. The Kier molecular flexibility index (Phi) is 10.5. The van der Waals surface area contributed by atoms with Crippen LogP contribution in [0.5, 0.6) is 5.75 Å². The van der Waals surface area contributed by atoms with E-state index in [1.165, 1.54) is 11.0 Å². The Morgan fingerprint density at radius 2 is 1.69 bits per heavy atom. The van der Waals surface area contributed by atoms with Crippen LogP contribution in [0.3, 0.4) is 0 Å². The molecule has 2 amide bonds. The quantitative estimate of drug-likeness (QED) is 0.307. The third kappa shape index (κ3) is 8.26. The number of anilines is 1. The monoisotopic (exact) mass is 611 g/mol. The molecule has 0 heterocycles. The third-order valence-corrected chi connectivity index (χ3v) is 9.13. The van der Waals surface area contributed by atoms with E-state index in [0.717, 1.165) is 52.9 Å². The molecule has 0 aromatic heterocycles. The molecule has 1 saturated carbocycles. The highest BCUT2D eigenvalue weighted by molar-refractivity contribution is 7.92. The highest BCUT2D eigenvalue weighted by Crippen LogP contribution is 2.26. The van der Waals surface area contributed by atoms with E-state index in [2.05, 4.69) is 5.32 Å². The Labute approximate surface area is 253 Å². The fraction of sp³-hybridized carbons (Fsp3) is 0.375. The summed E-state index contributed by atoms with van der Waals surface area (Å²) < 4.78 is 32.4. The first-order chi connectivity index (χ1) is 20.0. The smallest absolute Gasteiger partial charge is 0.244 e. The van der Waals surface area contributed by atoms with E-state index in [1.807, 2.05) is 55.5 Å². The van der Waals surface area contributed by atoms with Crippen molar-refractivity contribution in [2.24, 2.45) is 0 Å². The van der Waals surface area contributed by atoms with Crippen molar-refractivity contribution in [2.45, 2.75) is 57.7 Å². The van der Waals surface area contributed by atoms with Gasteiger partial charge < -0.3 is 15.0 Å². The third-order valence-electron chi connectivity index (χ3n) is 7.58. The first-order valence-corrected chi connectivity index (χ1v) is 16.3. The first-order valence-electron chi connectivity index (χ1n) is 14.1. The highest BCUT2D eigenvalue weighted by atomic mass is 35.5. The molecule has 1 atom stereocenters. The number of nitrogens with one attached hydrogen (secondary N) is 1. The molecule has 0 radical (unpaired) electrons. The number of nitrogens with zero attached hydrogens (tertiary/aromatic N) is 2. The lowest BCUT2D eigenvalue weighted by molar-refractivity contribution is -0.140. The number of halogens is 1. The zero-order valence-electron chi connectivity index (χ0n) is 24.3. The molecular formula is C32H38ClN3O5S. The molecule has 1 aliphatic rings. The van der Waals surface area contributed by atoms with Crippen LogP contribution in [0.4, 0.5) is 5.69 Å². The van der Waals surface area contributed by atoms with Gasteiger partial charge in [0.25, 0.3) is 0 Å². The number of sulfonamides is 1. The molecule has 0 saturated heterocycles. The molecule has 0 bridgehead atoms. The first kappa shape index (κ1) is 31.4. The maximum Gasteiger partial charge on any atom is 0.244 e. The second-order valence-electron chi connectivity index (χ2n) is 10.8. The second-order valence-corrected chi connectivity index (χ2v) is 13.1. The van der Waals surface area contributed by atoms with E-state index in [-0.39, 0.29) is 30.6 Å². The van der Waals surface area contributed by atoms with Gasteiger partial charge in [-0.25, -0.2) is 8.42 Å². The van der Waals surface area contributed by atoms with Crippen LogP contribution in [0.25, 0.3) is 0 Å². The summed E-state index contributed by atoms with van der Waals surface area (Å²) in [6.45, 7) is 1.40. The maximum atomic E-state index is 14.2. The van der Waals surface area contributed by atoms with Gasteiger partial charge in [-0.3, -0.25) is 13.9 Å². The fourth-order valence-corrected chi connectivity index (χ4v) is 6.26. The molecule has 10 heteroatoms. The van der Waals surface area contributed by atoms with Crippen molar-refractivity contribution < 1.29 is 22.7 Å². The van der Waals surface area contributed by atoms with Gasteiger partial charge in [0.15, 0.2) is 0 Å². The molecule has 1 aliphatic carbocycles. The van der Waals surface area contributed by atoms with Gasteiger partial charge in [0.1, 0.15) is 18.3 Å². The molecule has 0 unspecified atom stereocenters. The van der Waals surface area contributed by atoms with Gasteiger partial charge >= 0.3 is 0 Å². The summed E-state index contributed by atoms with van der Waals surface area (Å²) in [5.41, 5.74) is 2.70. The van der Waals surface area contributed by atoms with Crippen LogP contribution in [0.1, 0.15) is 42.4 Å². The molecule has 224 valence electrons. The molecule has 0 spiro atoms. The minimum atomic E-state index is -3.88. The van der Waals surface area contributed by atoms with Crippen molar-refractivity contribution in [3.8, 4) is 5.75 Å². The molecule has 1 fully saturated rings. The minimum Gasteiger partial charge on any atom is -0.497 e. The summed E-state index contributed by atoms with van der Waals surface area (Å²) in [7, 11) is -2.32. The fourth-order valence-electron chi connectivity index (χ4n) is 5.24. The number of benzene rings is 3. The number of hydrogen-bond acceptors (Lipinski definition) is 5. The topological polar surface area (TPSA) is 96.0 Å². The summed E-state index contributed by atoms with van der Waals surface area (Å²) in [5, 5.41) is 3.55. The second kappa shape index (κ2) is 14.1. The van der Waals surface area contributed by atoms with Gasteiger partial charge in [-0.05, 0) is 60.7 Å². The Morgan fingerprint density at radius 1 is 1.00 bits per heavy atom. The Morgan fingerprint density at radius 3 is 2.33 bits per heavy atom. The molecule has 3 aromatic carbocycles. The molecular weight excluding hydrogens is 574 g/mol. The average Bonchev–Trinajstić information content (AvgIpc) is 3.48. The van der Waals surface area contributed by atoms with E-state index in [4.69, 9.17) is 16.3 Å². The van der Waals surface area contributed by atoms with Crippen molar-refractivity contribution >= 4 is 39.1 Å². The van der Waals surface area contributed by atoms with Crippen molar-refractivity contribution in [2.75, 3.05) is 24.2 Å². The lowest BCUT2D eigenvalue weighted by Crippen LogP contribution is -2.54. The van der Waals surface area contributed by atoms with Crippen LogP contribution in [0.2, 0.25) is 5.02 Å². The Hall–Kier alpha value is -3.56. The van der Waals surface area contributed by atoms with Crippen LogP contribution in [0, 0.1) is 6.92 Å². The largest absolute Gasteiger partial charge is 0.497 e. The number of ether oxygens (including phenoxy) is 1. The Bertz CT molecular complexity index is 1490. The van der Waals surface area contributed by atoms with Gasteiger partial charge in [0, 0.05) is 24.0 Å². The van der Waals surface area contributed by atoms with Gasteiger partial charge in [0.05, 0.1) is 19.1 Å². The number of aryl methyl sites for hydroxylation is 1. The number of methoxy groups -OCH3 is 1. The van der Waals surface area contributed by atoms with Gasteiger partial charge in [-0.2, -0.15) is 0 Å². The van der Waals surface area contributed by atoms with Crippen molar-refractivity contribution in [3.63, 3.8) is 0 Å². The van der Waals surface area contributed by atoms with E-state index >= 15 is 0 Å². The number of amides is 2. The summed E-state index contributed by atoms with van der Waals surface area (Å²) in [4.78, 5) is 29.6. The minimum absolute atomic E-state index is 0.0479. The summed E-state index contributed by atoms with van der Waals surface area (Å²) in [6, 6.07) is 20.8. The van der Waals surface area contributed by atoms with Gasteiger partial charge in [-0.15, -0.1) is 0 Å². The van der Waals surface area contributed by atoms with Gasteiger partial charge in [0.2, 0.25) is 21.8 Å².